The molecule has 2 heteroatoms. The van der Waals surface area contributed by atoms with E-state index in [1.807, 2.05) is 24.5 Å². The first kappa shape index (κ1) is 8.05. The zero-order chi connectivity index (χ0) is 8.48. The van der Waals surface area contributed by atoms with Crippen LogP contribution in [0.5, 0.6) is 0 Å². The Morgan fingerprint density at radius 2 is 1.64 bits per heavy atom. The van der Waals surface area contributed by atoms with Crippen LogP contribution in [0.3, 0.4) is 0 Å². The summed E-state index contributed by atoms with van der Waals surface area (Å²) in [5, 5.41) is 0. The van der Waals surface area contributed by atoms with Gasteiger partial charge in [-0.2, -0.15) is 0 Å². The fourth-order valence-corrected chi connectivity index (χ4v) is 0.938. The molecule has 2 nitrogen and oxygen atoms in total. The highest BCUT2D eigenvalue weighted by Gasteiger charge is 2.13. The van der Waals surface area contributed by atoms with E-state index in [0.29, 0.717) is 0 Å². The van der Waals surface area contributed by atoms with E-state index in [0.717, 1.165) is 0 Å². The molecule has 1 rings (SSSR count). The lowest BCUT2D eigenvalue weighted by Crippen LogP contribution is -2.43. The van der Waals surface area contributed by atoms with Crippen molar-refractivity contribution in [1.82, 2.24) is 0 Å². The highest BCUT2D eigenvalue weighted by molar-refractivity contribution is 5.17. The lowest BCUT2D eigenvalue weighted by Gasteiger charge is -2.16. The van der Waals surface area contributed by atoms with Crippen LogP contribution in [0, 0.1) is 0 Å². The van der Waals surface area contributed by atoms with Gasteiger partial charge < -0.3 is 0 Å². The summed E-state index contributed by atoms with van der Waals surface area (Å²) >= 11 is 0. The van der Waals surface area contributed by atoms with Crippen LogP contribution >= 0.6 is 0 Å². The van der Waals surface area contributed by atoms with E-state index < -0.39 is 0 Å². The highest BCUT2D eigenvalue weighted by atomic mass is 15.3. The maximum atomic E-state index is 5.49. The molecule has 2 N–H and O–H groups in total. The maximum absolute atomic E-state index is 5.49. The van der Waals surface area contributed by atoms with Gasteiger partial charge in [-0.15, -0.1) is 0 Å². The van der Waals surface area contributed by atoms with Gasteiger partial charge in [0.15, 0.2) is 12.4 Å². The first-order valence-corrected chi connectivity index (χ1v) is 3.77. The Hall–Kier alpha value is -1.05. The van der Waals surface area contributed by atoms with Gasteiger partial charge in [-0.3, -0.25) is 0 Å². The molecule has 0 radical (unpaired) electrons. The molecular weight excluding hydrogens is 136 g/mol. The van der Waals surface area contributed by atoms with Gasteiger partial charge in [0, 0.05) is 12.1 Å². The molecular formula is C9H15N2+. The number of hydrogen-bond acceptors (Lipinski definition) is 1. The number of nitrogen functional groups attached to an aromatic ring is 1. The second-order valence-corrected chi connectivity index (χ2v) is 3.78. The Kier molecular flexibility index (Phi) is 1.85. The van der Waals surface area contributed by atoms with Crippen molar-refractivity contribution in [3.63, 3.8) is 0 Å². The van der Waals surface area contributed by atoms with Crippen molar-refractivity contribution in [3.8, 4) is 0 Å². The van der Waals surface area contributed by atoms with Crippen LogP contribution in [-0.2, 0) is 5.41 Å². The highest BCUT2D eigenvalue weighted by Crippen LogP contribution is 2.19. The summed E-state index contributed by atoms with van der Waals surface area (Å²) in [4.78, 5) is 0. The molecule has 0 unspecified atom stereocenters. The SMILES string of the molecule is CC(C)(C)c1cc[n+](N)cc1. The zero-order valence-corrected chi connectivity index (χ0v) is 7.33. The molecule has 0 amide bonds. The molecule has 0 spiro atoms. The minimum absolute atomic E-state index is 0.217. The summed E-state index contributed by atoms with van der Waals surface area (Å²) < 4.78 is 1.55. The Labute approximate surface area is 67.6 Å². The lowest BCUT2D eigenvalue weighted by molar-refractivity contribution is -0.639. The average Bonchev–Trinajstić information content (AvgIpc) is 1.86. The van der Waals surface area contributed by atoms with Crippen LogP contribution in [0.25, 0.3) is 0 Å². The van der Waals surface area contributed by atoms with E-state index in [4.69, 9.17) is 5.84 Å². The first-order chi connectivity index (χ1) is 5.00. The third kappa shape index (κ3) is 1.93. The number of nitrogens with zero attached hydrogens (tertiary/aromatic N) is 1. The van der Waals surface area contributed by atoms with Gasteiger partial charge in [-0.1, -0.05) is 25.4 Å². The number of pyridine rings is 1. The standard InChI is InChI=1S/C9H15N2/c1-9(2,3)8-4-6-11(10)7-5-8/h4-7H,10H2,1-3H3/q+1. The molecule has 1 heterocycles. The second kappa shape index (κ2) is 2.53. The number of nitrogens with two attached hydrogens (primary N) is 1. The molecule has 0 fully saturated rings. The second-order valence-electron chi connectivity index (χ2n) is 3.78. The lowest BCUT2D eigenvalue weighted by atomic mass is 9.88. The number of aromatic nitrogens is 1. The van der Waals surface area contributed by atoms with Gasteiger partial charge in [-0.25, -0.2) is 5.84 Å². The van der Waals surface area contributed by atoms with Crippen molar-refractivity contribution >= 4 is 0 Å². The molecule has 11 heavy (non-hydrogen) atoms. The van der Waals surface area contributed by atoms with Crippen molar-refractivity contribution in [3.05, 3.63) is 30.1 Å². The Morgan fingerprint density at radius 1 is 1.18 bits per heavy atom. The molecule has 0 saturated carbocycles. The predicted molar refractivity (Wildman–Crippen MR) is 45.5 cm³/mol. The first-order valence-electron chi connectivity index (χ1n) is 3.77. The monoisotopic (exact) mass is 151 g/mol. The molecule has 0 aliphatic carbocycles. The van der Waals surface area contributed by atoms with Crippen molar-refractivity contribution in [2.45, 2.75) is 26.2 Å². The summed E-state index contributed by atoms with van der Waals surface area (Å²) in [6.45, 7) is 6.55. The molecule has 0 aliphatic rings. The van der Waals surface area contributed by atoms with Gasteiger partial charge in [0.1, 0.15) is 0 Å². The van der Waals surface area contributed by atoms with E-state index in [1.54, 1.807) is 4.68 Å². The van der Waals surface area contributed by atoms with Crippen molar-refractivity contribution in [1.29, 1.82) is 0 Å². The summed E-state index contributed by atoms with van der Waals surface area (Å²) in [5.74, 6) is 5.49. The van der Waals surface area contributed by atoms with E-state index in [1.165, 1.54) is 5.56 Å². The Bertz CT molecular complexity index is 231. The summed E-state index contributed by atoms with van der Waals surface area (Å²) in [7, 11) is 0. The average molecular weight is 151 g/mol. The minimum atomic E-state index is 0.217. The third-order valence-electron chi connectivity index (χ3n) is 1.72. The van der Waals surface area contributed by atoms with E-state index >= 15 is 0 Å². The predicted octanol–water partition coefficient (Wildman–Crippen LogP) is 0.985. The van der Waals surface area contributed by atoms with Gasteiger partial charge in [0.05, 0.1) is 0 Å². The van der Waals surface area contributed by atoms with Crippen LogP contribution in [-0.4, -0.2) is 0 Å². The van der Waals surface area contributed by atoms with Crippen LogP contribution in [0.1, 0.15) is 26.3 Å². The normalized spacial score (nSPS) is 11.5. The Morgan fingerprint density at radius 3 is 2.00 bits per heavy atom. The fourth-order valence-electron chi connectivity index (χ4n) is 0.938. The molecule has 0 bridgehead atoms. The molecule has 0 saturated heterocycles. The van der Waals surface area contributed by atoms with Crippen molar-refractivity contribution in [2.24, 2.45) is 0 Å². The molecule has 0 aliphatic heterocycles. The van der Waals surface area contributed by atoms with Crippen molar-refractivity contribution < 1.29 is 4.68 Å². The molecule has 60 valence electrons. The molecule has 0 atom stereocenters. The topological polar surface area (TPSA) is 29.9 Å². The van der Waals surface area contributed by atoms with Gasteiger partial charge >= 0.3 is 0 Å². The van der Waals surface area contributed by atoms with Gasteiger partial charge in [-0.05, 0) is 11.0 Å². The van der Waals surface area contributed by atoms with E-state index in [2.05, 4.69) is 20.8 Å². The number of hydrogen-bond donors (Lipinski definition) is 1. The fraction of sp³-hybridized carbons (Fsp3) is 0.444. The third-order valence-corrected chi connectivity index (χ3v) is 1.72. The van der Waals surface area contributed by atoms with Crippen LogP contribution < -0.4 is 10.5 Å². The Balaban J connectivity index is 2.99. The van der Waals surface area contributed by atoms with Gasteiger partial charge in [0.2, 0.25) is 0 Å². The zero-order valence-electron chi connectivity index (χ0n) is 7.33. The summed E-state index contributed by atoms with van der Waals surface area (Å²) in [6.07, 6.45) is 3.72. The molecule has 0 aromatic carbocycles. The smallest absolute Gasteiger partial charge is 0.199 e. The number of rotatable bonds is 0. The van der Waals surface area contributed by atoms with Gasteiger partial charge in [0.25, 0.3) is 0 Å². The molecule has 1 aromatic rings. The largest absolute Gasteiger partial charge is 0.205 e. The molecule has 1 aromatic heterocycles. The van der Waals surface area contributed by atoms with E-state index in [-0.39, 0.29) is 5.41 Å². The van der Waals surface area contributed by atoms with Crippen LogP contribution in [0.15, 0.2) is 24.5 Å². The van der Waals surface area contributed by atoms with Crippen LogP contribution in [0.4, 0.5) is 0 Å². The van der Waals surface area contributed by atoms with Crippen molar-refractivity contribution in [2.75, 3.05) is 5.84 Å². The minimum Gasteiger partial charge on any atom is -0.205 e. The van der Waals surface area contributed by atoms with Crippen LogP contribution in [0.2, 0.25) is 0 Å². The summed E-state index contributed by atoms with van der Waals surface area (Å²) in [5.41, 5.74) is 1.52. The van der Waals surface area contributed by atoms with E-state index in [9.17, 15) is 0 Å². The summed E-state index contributed by atoms with van der Waals surface area (Å²) in [6, 6.07) is 4.08. The quantitative estimate of drug-likeness (QED) is 0.435. The maximum Gasteiger partial charge on any atom is 0.199 e.